The summed E-state index contributed by atoms with van der Waals surface area (Å²) in [5, 5.41) is 4.45. The smallest absolute Gasteiger partial charge is 0.0698 e. The van der Waals surface area contributed by atoms with Gasteiger partial charge in [0.15, 0.2) is 0 Å². The molecule has 2 heteroatoms. The minimum Gasteiger partial charge on any atom is -0.240 e. The lowest BCUT2D eigenvalue weighted by atomic mass is 10.0. The van der Waals surface area contributed by atoms with Crippen LogP contribution in [0.15, 0.2) is 24.4 Å². The van der Waals surface area contributed by atoms with Crippen LogP contribution in [-0.2, 0) is 0 Å². The zero-order chi connectivity index (χ0) is 11.4. The van der Waals surface area contributed by atoms with E-state index in [1.165, 1.54) is 11.1 Å². The second-order valence-corrected chi connectivity index (χ2v) is 3.68. The fraction of sp³-hybridized carbons (Fsp3) is 0.462. The fourth-order valence-corrected chi connectivity index (χ4v) is 1.85. The molecule has 0 radical (unpaired) electrons. The van der Waals surface area contributed by atoms with Gasteiger partial charge in [0.2, 0.25) is 0 Å². The van der Waals surface area contributed by atoms with Crippen LogP contribution in [0.1, 0.15) is 44.9 Å². The molecule has 2 nitrogen and oxygen atoms in total. The van der Waals surface area contributed by atoms with E-state index in [9.17, 15) is 0 Å². The van der Waals surface area contributed by atoms with Crippen LogP contribution in [0, 0.1) is 6.92 Å². The number of rotatable bonds is 1. The number of nitrogens with zero attached hydrogens (tertiary/aromatic N) is 2. The summed E-state index contributed by atoms with van der Waals surface area (Å²) >= 11 is 0. The summed E-state index contributed by atoms with van der Waals surface area (Å²) in [6.07, 6.45) is 1.99. The third-order valence-electron chi connectivity index (χ3n) is 2.34. The highest BCUT2D eigenvalue weighted by Gasteiger charge is 2.10. The second kappa shape index (κ2) is 4.96. The second-order valence-electron chi connectivity index (χ2n) is 3.68. The van der Waals surface area contributed by atoms with E-state index in [0.717, 1.165) is 5.69 Å². The van der Waals surface area contributed by atoms with Gasteiger partial charge in [-0.15, -0.1) is 0 Å². The van der Waals surface area contributed by atoms with Gasteiger partial charge >= 0.3 is 0 Å². The Morgan fingerprint density at radius 1 is 1.20 bits per heavy atom. The highest BCUT2D eigenvalue weighted by atomic mass is 15.2. The molecule has 2 aromatic heterocycles. The minimum absolute atomic E-state index is 0.542. The van der Waals surface area contributed by atoms with Crippen molar-refractivity contribution in [1.82, 2.24) is 9.61 Å². The average molecular weight is 204 g/mol. The van der Waals surface area contributed by atoms with Gasteiger partial charge < -0.3 is 0 Å². The molecule has 0 N–H and O–H groups in total. The molecule has 0 aliphatic carbocycles. The Balaban J connectivity index is 0.000000531. The van der Waals surface area contributed by atoms with Crippen LogP contribution in [0.3, 0.4) is 0 Å². The van der Waals surface area contributed by atoms with E-state index in [-0.39, 0.29) is 0 Å². The SMILES string of the molecule is CC.Cc1nn2ccccc2c1C(C)C. The Hall–Kier alpha value is -1.31. The maximum Gasteiger partial charge on any atom is 0.0698 e. The van der Waals surface area contributed by atoms with Crippen LogP contribution in [-0.4, -0.2) is 9.61 Å². The molecule has 0 saturated heterocycles. The molecule has 82 valence electrons. The molecule has 0 saturated carbocycles. The number of hydrogen-bond acceptors (Lipinski definition) is 1. The molecule has 2 aromatic rings. The van der Waals surface area contributed by atoms with E-state index < -0.39 is 0 Å². The maximum atomic E-state index is 4.45. The first kappa shape index (κ1) is 11.8. The Morgan fingerprint density at radius 3 is 2.47 bits per heavy atom. The summed E-state index contributed by atoms with van der Waals surface area (Å²) in [6, 6.07) is 6.18. The molecule has 0 aliphatic rings. The van der Waals surface area contributed by atoms with Gasteiger partial charge in [0.05, 0.1) is 11.2 Å². The van der Waals surface area contributed by atoms with Crippen molar-refractivity contribution in [3.8, 4) is 0 Å². The lowest BCUT2D eigenvalue weighted by molar-refractivity contribution is 0.862. The zero-order valence-corrected chi connectivity index (χ0v) is 10.3. The third kappa shape index (κ3) is 2.20. The molecule has 0 fully saturated rings. The van der Waals surface area contributed by atoms with Gasteiger partial charge in [-0.3, -0.25) is 0 Å². The van der Waals surface area contributed by atoms with Gasteiger partial charge in [-0.25, -0.2) is 4.52 Å². The lowest BCUT2D eigenvalue weighted by Gasteiger charge is -2.02. The van der Waals surface area contributed by atoms with Gasteiger partial charge in [0.1, 0.15) is 0 Å². The molecule has 15 heavy (non-hydrogen) atoms. The van der Waals surface area contributed by atoms with Crippen LogP contribution in [0.5, 0.6) is 0 Å². The monoisotopic (exact) mass is 204 g/mol. The Morgan fingerprint density at radius 2 is 1.87 bits per heavy atom. The quantitative estimate of drug-likeness (QED) is 0.690. The van der Waals surface area contributed by atoms with E-state index in [0.29, 0.717) is 5.92 Å². The summed E-state index contributed by atoms with van der Waals surface area (Å²) in [7, 11) is 0. The molecule has 0 aliphatic heterocycles. The standard InChI is InChI=1S/C11H14N2.C2H6/c1-8(2)11-9(3)12-13-7-5-4-6-10(11)13;1-2/h4-8H,1-3H3;1-2H3. The van der Waals surface area contributed by atoms with Crippen LogP contribution >= 0.6 is 0 Å². The van der Waals surface area contributed by atoms with Crippen molar-refractivity contribution in [2.75, 3.05) is 0 Å². The van der Waals surface area contributed by atoms with Gasteiger partial charge in [-0.05, 0) is 25.0 Å². The van der Waals surface area contributed by atoms with E-state index in [1.807, 2.05) is 30.6 Å². The van der Waals surface area contributed by atoms with Gasteiger partial charge in [0.25, 0.3) is 0 Å². The normalized spacial score (nSPS) is 10.3. The van der Waals surface area contributed by atoms with Crippen molar-refractivity contribution in [2.45, 2.75) is 40.5 Å². The number of pyridine rings is 1. The van der Waals surface area contributed by atoms with E-state index in [2.05, 4.69) is 38.0 Å². The molecule has 2 heterocycles. The van der Waals surface area contributed by atoms with Crippen molar-refractivity contribution in [3.05, 3.63) is 35.7 Å². The molecule has 0 spiro atoms. The first-order valence-electron chi connectivity index (χ1n) is 5.64. The van der Waals surface area contributed by atoms with Gasteiger partial charge in [-0.2, -0.15) is 5.10 Å². The van der Waals surface area contributed by atoms with Crippen molar-refractivity contribution < 1.29 is 0 Å². The van der Waals surface area contributed by atoms with E-state index in [4.69, 9.17) is 0 Å². The molecule has 0 aromatic carbocycles. The predicted molar refractivity (Wildman–Crippen MR) is 65.4 cm³/mol. The Labute approximate surface area is 91.9 Å². The number of fused-ring (bicyclic) bond motifs is 1. The Kier molecular flexibility index (Phi) is 3.89. The highest BCUT2D eigenvalue weighted by Crippen LogP contribution is 2.23. The number of aryl methyl sites for hydroxylation is 1. The topological polar surface area (TPSA) is 17.3 Å². The first-order chi connectivity index (χ1) is 7.20. The van der Waals surface area contributed by atoms with Crippen molar-refractivity contribution in [2.24, 2.45) is 0 Å². The van der Waals surface area contributed by atoms with Crippen molar-refractivity contribution >= 4 is 5.52 Å². The first-order valence-corrected chi connectivity index (χ1v) is 5.64. The average Bonchev–Trinajstić information content (AvgIpc) is 2.56. The van der Waals surface area contributed by atoms with Crippen LogP contribution < -0.4 is 0 Å². The van der Waals surface area contributed by atoms with Crippen LogP contribution in [0.2, 0.25) is 0 Å². The summed E-state index contributed by atoms with van der Waals surface area (Å²) in [6.45, 7) is 10.5. The summed E-state index contributed by atoms with van der Waals surface area (Å²) in [5.74, 6) is 0.542. The molecular formula is C13H20N2. The zero-order valence-electron chi connectivity index (χ0n) is 10.3. The van der Waals surface area contributed by atoms with Gasteiger partial charge in [-0.1, -0.05) is 33.8 Å². The molecule has 2 rings (SSSR count). The fourth-order valence-electron chi connectivity index (χ4n) is 1.85. The molecule has 0 atom stereocenters. The maximum absolute atomic E-state index is 4.45. The van der Waals surface area contributed by atoms with Gasteiger partial charge in [0, 0.05) is 11.8 Å². The minimum atomic E-state index is 0.542. The largest absolute Gasteiger partial charge is 0.240 e. The summed E-state index contributed by atoms with van der Waals surface area (Å²) in [4.78, 5) is 0. The summed E-state index contributed by atoms with van der Waals surface area (Å²) < 4.78 is 1.95. The number of hydrogen-bond donors (Lipinski definition) is 0. The molecular weight excluding hydrogens is 184 g/mol. The molecule has 0 bridgehead atoms. The Bertz CT molecular complexity index is 427. The van der Waals surface area contributed by atoms with Crippen LogP contribution in [0.25, 0.3) is 5.52 Å². The van der Waals surface area contributed by atoms with Crippen LogP contribution in [0.4, 0.5) is 0 Å². The predicted octanol–water partition coefficient (Wildman–Crippen LogP) is 3.79. The molecule has 0 amide bonds. The van der Waals surface area contributed by atoms with Crippen molar-refractivity contribution in [1.29, 1.82) is 0 Å². The lowest BCUT2D eigenvalue weighted by Crippen LogP contribution is -1.88. The van der Waals surface area contributed by atoms with Crippen molar-refractivity contribution in [3.63, 3.8) is 0 Å². The molecule has 0 unspecified atom stereocenters. The highest BCUT2D eigenvalue weighted by molar-refractivity contribution is 5.57. The van der Waals surface area contributed by atoms with E-state index in [1.54, 1.807) is 0 Å². The van der Waals surface area contributed by atoms with E-state index >= 15 is 0 Å². The number of aromatic nitrogens is 2. The third-order valence-corrected chi connectivity index (χ3v) is 2.34. The summed E-state index contributed by atoms with van der Waals surface area (Å²) in [5.41, 5.74) is 3.73.